The van der Waals surface area contributed by atoms with Crippen LogP contribution in [-0.4, -0.2) is 126 Å². The number of rotatable bonds is 19. The van der Waals surface area contributed by atoms with Crippen molar-refractivity contribution in [3.05, 3.63) is 47.5 Å². The Hall–Kier alpha value is -3.84. The number of benzene rings is 2. The van der Waals surface area contributed by atoms with Gasteiger partial charge in [-0.25, -0.2) is 0 Å². The van der Waals surface area contributed by atoms with Crippen molar-refractivity contribution in [2.45, 2.75) is 46.0 Å². The summed E-state index contributed by atoms with van der Waals surface area (Å²) in [6.45, 7) is 5.52. The maximum absolute atomic E-state index is 12.8. The van der Waals surface area contributed by atoms with Crippen molar-refractivity contribution in [1.29, 1.82) is 0 Å². The Labute approximate surface area is 297 Å². The second-order valence-corrected chi connectivity index (χ2v) is 14.5. The van der Waals surface area contributed by atoms with Crippen LogP contribution in [0.2, 0.25) is 0 Å². The molecule has 2 atom stereocenters. The Morgan fingerprint density at radius 1 is 0.580 bits per heavy atom. The lowest BCUT2D eigenvalue weighted by atomic mass is 9.85. The van der Waals surface area contributed by atoms with E-state index in [9.17, 15) is 19.2 Å². The standard InChI is InChI=1S/C38H56N4O8/c1-26(17-29-13-15-31(47-35(43)22-39(3)4)33(19-29)49-36(44)23-40(5)6)27(2)18-30-14-16-32(34(20-30)50-37(45)24-41(7)8)48-38(46)25-42(9)21-28-11-10-12-28/h13-16,19-20,26-28H,10-12,17-18,21-25H2,1-9H3. The largest absolute Gasteiger partial charge is 0.422 e. The zero-order chi connectivity index (χ0) is 37.0. The SMILES string of the molecule is CC(Cc1ccc(OC(=O)CN(C)C)c(OC(=O)CN(C)C)c1)C(C)Cc1ccc(OC(=O)CN(C)CC2CCC2)c(OC(=O)CN(C)C)c1. The normalized spacial score (nSPS) is 14.4. The van der Waals surface area contributed by atoms with E-state index in [1.54, 1.807) is 81.3 Å². The van der Waals surface area contributed by atoms with Crippen LogP contribution >= 0.6 is 0 Å². The fraction of sp³-hybridized carbons (Fsp3) is 0.579. The van der Waals surface area contributed by atoms with Crippen molar-refractivity contribution in [3.8, 4) is 23.0 Å². The second kappa shape index (κ2) is 19.5. The molecule has 0 N–H and O–H groups in total. The third kappa shape index (κ3) is 14.2. The van der Waals surface area contributed by atoms with Gasteiger partial charge >= 0.3 is 23.9 Å². The van der Waals surface area contributed by atoms with Gasteiger partial charge in [-0.3, -0.25) is 38.8 Å². The number of hydrogen-bond donors (Lipinski definition) is 0. The fourth-order valence-electron chi connectivity index (χ4n) is 5.63. The zero-order valence-corrected chi connectivity index (χ0v) is 31.3. The first-order valence-corrected chi connectivity index (χ1v) is 17.3. The van der Waals surface area contributed by atoms with Crippen LogP contribution in [-0.2, 0) is 32.0 Å². The number of likely N-dealkylation sites (N-methyl/N-ethyl adjacent to an activating group) is 4. The van der Waals surface area contributed by atoms with Gasteiger partial charge in [0.2, 0.25) is 0 Å². The van der Waals surface area contributed by atoms with Gasteiger partial charge in [0.15, 0.2) is 23.0 Å². The van der Waals surface area contributed by atoms with Crippen LogP contribution in [0, 0.1) is 17.8 Å². The first-order valence-electron chi connectivity index (χ1n) is 17.3. The van der Waals surface area contributed by atoms with E-state index in [-0.39, 0.29) is 61.0 Å². The predicted octanol–water partition coefficient (Wildman–Crippen LogP) is 3.78. The van der Waals surface area contributed by atoms with E-state index in [1.165, 1.54) is 19.3 Å². The van der Waals surface area contributed by atoms with Gasteiger partial charge in [0.25, 0.3) is 0 Å². The highest BCUT2D eigenvalue weighted by Crippen LogP contribution is 2.33. The molecular formula is C38H56N4O8. The van der Waals surface area contributed by atoms with Crippen LogP contribution in [0.15, 0.2) is 36.4 Å². The molecule has 12 nitrogen and oxygen atoms in total. The summed E-state index contributed by atoms with van der Waals surface area (Å²) in [4.78, 5) is 57.5. The Bertz CT molecular complexity index is 1460. The number of hydrogen-bond acceptors (Lipinski definition) is 12. The molecule has 0 bridgehead atoms. The molecule has 0 spiro atoms. The van der Waals surface area contributed by atoms with E-state index < -0.39 is 23.9 Å². The lowest BCUT2D eigenvalue weighted by molar-refractivity contribution is -0.138. The fourth-order valence-corrected chi connectivity index (χ4v) is 5.63. The van der Waals surface area contributed by atoms with E-state index in [2.05, 4.69) is 13.8 Å². The molecule has 0 saturated heterocycles. The summed E-state index contributed by atoms with van der Waals surface area (Å²) in [5, 5.41) is 0. The highest BCUT2D eigenvalue weighted by Gasteiger charge is 2.23. The highest BCUT2D eigenvalue weighted by molar-refractivity contribution is 5.79. The van der Waals surface area contributed by atoms with Crippen molar-refractivity contribution in [3.63, 3.8) is 0 Å². The van der Waals surface area contributed by atoms with Crippen molar-refractivity contribution in [2.24, 2.45) is 17.8 Å². The maximum Gasteiger partial charge on any atom is 0.325 e. The molecule has 2 aromatic carbocycles. The van der Waals surface area contributed by atoms with E-state index in [0.717, 1.165) is 17.7 Å². The molecule has 2 aromatic rings. The summed E-state index contributed by atoms with van der Waals surface area (Å²) in [5.41, 5.74) is 1.85. The van der Waals surface area contributed by atoms with Crippen LogP contribution in [0.25, 0.3) is 0 Å². The number of esters is 4. The molecule has 0 aromatic heterocycles. The average molecular weight is 697 g/mol. The van der Waals surface area contributed by atoms with Crippen molar-refractivity contribution in [2.75, 3.05) is 82.1 Å². The lowest BCUT2D eigenvalue weighted by Gasteiger charge is -2.29. The van der Waals surface area contributed by atoms with Crippen LogP contribution < -0.4 is 18.9 Å². The predicted molar refractivity (Wildman–Crippen MR) is 192 cm³/mol. The quantitative estimate of drug-likeness (QED) is 0.157. The van der Waals surface area contributed by atoms with E-state index in [0.29, 0.717) is 18.8 Å². The van der Waals surface area contributed by atoms with Gasteiger partial charge in [0, 0.05) is 6.54 Å². The molecule has 0 radical (unpaired) electrons. The number of carbonyl (C=O) groups excluding carboxylic acids is 4. The van der Waals surface area contributed by atoms with E-state index in [4.69, 9.17) is 18.9 Å². The van der Waals surface area contributed by atoms with Gasteiger partial charge in [-0.2, -0.15) is 0 Å². The highest BCUT2D eigenvalue weighted by atomic mass is 16.6. The van der Waals surface area contributed by atoms with Gasteiger partial charge < -0.3 is 18.9 Å². The molecule has 1 fully saturated rings. The van der Waals surface area contributed by atoms with E-state index >= 15 is 0 Å². The summed E-state index contributed by atoms with van der Waals surface area (Å²) in [7, 11) is 12.5. The molecule has 1 saturated carbocycles. The summed E-state index contributed by atoms with van der Waals surface area (Å²) in [6, 6.07) is 10.7. The Balaban J connectivity index is 1.73. The van der Waals surface area contributed by atoms with E-state index in [1.807, 2.05) is 24.1 Å². The minimum Gasteiger partial charge on any atom is -0.422 e. The number of carbonyl (C=O) groups is 4. The van der Waals surface area contributed by atoms with Crippen molar-refractivity contribution >= 4 is 23.9 Å². The van der Waals surface area contributed by atoms with Crippen LogP contribution in [0.1, 0.15) is 44.2 Å². The third-order valence-corrected chi connectivity index (χ3v) is 8.53. The lowest BCUT2D eigenvalue weighted by Crippen LogP contribution is -2.35. The molecule has 1 aliphatic carbocycles. The third-order valence-electron chi connectivity index (χ3n) is 8.53. The molecule has 12 heteroatoms. The van der Waals surface area contributed by atoms with Crippen molar-refractivity contribution < 1.29 is 38.1 Å². The van der Waals surface area contributed by atoms with Gasteiger partial charge in [0.05, 0.1) is 26.2 Å². The van der Waals surface area contributed by atoms with Gasteiger partial charge in [-0.05, 0) is 128 Å². The number of nitrogens with zero attached hydrogens (tertiary/aromatic N) is 4. The van der Waals surface area contributed by atoms with Gasteiger partial charge in [-0.15, -0.1) is 0 Å². The van der Waals surface area contributed by atoms with Crippen molar-refractivity contribution in [1.82, 2.24) is 19.6 Å². The maximum atomic E-state index is 12.8. The van der Waals surface area contributed by atoms with Crippen LogP contribution in [0.3, 0.4) is 0 Å². The molecule has 0 heterocycles. The number of ether oxygens (including phenoxy) is 4. The summed E-state index contributed by atoms with van der Waals surface area (Å²) >= 11 is 0. The Kier molecular flexibility index (Phi) is 15.8. The van der Waals surface area contributed by atoms with Gasteiger partial charge in [0.1, 0.15) is 0 Å². The summed E-state index contributed by atoms with van der Waals surface area (Å²) in [6.07, 6.45) is 4.96. The second-order valence-electron chi connectivity index (χ2n) is 14.5. The Morgan fingerprint density at radius 2 is 0.940 bits per heavy atom. The first-order chi connectivity index (χ1) is 23.6. The summed E-state index contributed by atoms with van der Waals surface area (Å²) < 4.78 is 22.6. The Morgan fingerprint density at radius 3 is 1.28 bits per heavy atom. The minimum absolute atomic E-state index is 0.0741. The minimum atomic E-state index is -0.463. The van der Waals surface area contributed by atoms with Crippen LogP contribution in [0.5, 0.6) is 23.0 Å². The molecule has 3 rings (SSSR count). The molecule has 1 aliphatic rings. The smallest absolute Gasteiger partial charge is 0.325 e. The van der Waals surface area contributed by atoms with Gasteiger partial charge in [-0.1, -0.05) is 32.4 Å². The van der Waals surface area contributed by atoms with Crippen LogP contribution in [0.4, 0.5) is 0 Å². The molecule has 276 valence electrons. The zero-order valence-electron chi connectivity index (χ0n) is 31.3. The molecule has 0 amide bonds. The first kappa shape index (κ1) is 40.6. The molecule has 0 aliphatic heterocycles. The molecule has 50 heavy (non-hydrogen) atoms. The average Bonchev–Trinajstić information content (AvgIpc) is 2.96. The topological polar surface area (TPSA) is 118 Å². The monoisotopic (exact) mass is 696 g/mol. The molecular weight excluding hydrogens is 640 g/mol. The summed E-state index contributed by atoms with van der Waals surface area (Å²) in [5.74, 6) is 0.0388. The molecule has 2 unspecified atom stereocenters.